The molecule has 23 heavy (non-hydrogen) atoms. The Morgan fingerprint density at radius 2 is 2.04 bits per heavy atom. The molecule has 0 saturated carbocycles. The van der Waals surface area contributed by atoms with Gasteiger partial charge >= 0.3 is 0 Å². The second-order valence-electron chi connectivity index (χ2n) is 5.93. The summed E-state index contributed by atoms with van der Waals surface area (Å²) >= 11 is 0. The zero-order chi connectivity index (χ0) is 16.2. The van der Waals surface area contributed by atoms with Crippen molar-refractivity contribution in [3.8, 4) is 0 Å². The minimum atomic E-state index is -0.272. The largest absolute Gasteiger partial charge is 0.467 e. The summed E-state index contributed by atoms with van der Waals surface area (Å²) < 4.78 is 5.28. The molecule has 5 heteroatoms. The normalized spacial score (nSPS) is 17.5. The van der Waals surface area contributed by atoms with Gasteiger partial charge in [-0.1, -0.05) is 30.3 Å². The number of likely N-dealkylation sites (tertiary alicyclic amines) is 1. The van der Waals surface area contributed by atoms with Crippen LogP contribution >= 0.6 is 0 Å². The van der Waals surface area contributed by atoms with Gasteiger partial charge < -0.3 is 14.2 Å². The number of carbonyl (C=O) groups excluding carboxylic acids is 2. The Hall–Kier alpha value is -2.56. The van der Waals surface area contributed by atoms with Gasteiger partial charge in [-0.3, -0.25) is 9.59 Å². The van der Waals surface area contributed by atoms with Crippen LogP contribution in [0.3, 0.4) is 0 Å². The lowest BCUT2D eigenvalue weighted by Crippen LogP contribution is -2.34. The Kier molecular flexibility index (Phi) is 4.46. The lowest BCUT2D eigenvalue weighted by molar-refractivity contribution is -0.135. The number of amides is 2. The van der Waals surface area contributed by atoms with Crippen molar-refractivity contribution in [3.05, 3.63) is 60.1 Å². The van der Waals surface area contributed by atoms with Crippen LogP contribution in [0.5, 0.6) is 0 Å². The van der Waals surface area contributed by atoms with Gasteiger partial charge in [0.2, 0.25) is 11.8 Å². The molecule has 2 aromatic rings. The zero-order valence-electron chi connectivity index (χ0n) is 13.1. The fourth-order valence-electron chi connectivity index (χ4n) is 2.93. The predicted octanol–water partition coefficient (Wildman–Crippen LogP) is 2.29. The molecule has 0 aliphatic carbocycles. The van der Waals surface area contributed by atoms with Crippen LogP contribution < -0.4 is 0 Å². The highest BCUT2D eigenvalue weighted by Gasteiger charge is 2.35. The van der Waals surface area contributed by atoms with Gasteiger partial charge in [0.15, 0.2) is 0 Å². The van der Waals surface area contributed by atoms with Gasteiger partial charge in [0.25, 0.3) is 0 Å². The highest BCUT2D eigenvalue weighted by Crippen LogP contribution is 2.22. The van der Waals surface area contributed by atoms with E-state index in [0.29, 0.717) is 19.6 Å². The standard InChI is InChI=1S/C18H20N2O3/c1-19(11-14-6-3-2-4-7-14)18(22)15-10-17(21)20(12-15)13-16-8-5-9-23-16/h2-9,15H,10-13H2,1H3/t15-/m0/s1. The van der Waals surface area contributed by atoms with Crippen LogP contribution in [0.1, 0.15) is 17.7 Å². The molecule has 2 amide bonds. The number of carbonyl (C=O) groups is 2. The molecular formula is C18H20N2O3. The van der Waals surface area contributed by atoms with Crippen LogP contribution in [0.2, 0.25) is 0 Å². The molecule has 1 aromatic carbocycles. The molecule has 120 valence electrons. The first-order chi connectivity index (χ1) is 11.1. The van der Waals surface area contributed by atoms with Crippen molar-refractivity contribution in [2.75, 3.05) is 13.6 Å². The second-order valence-corrected chi connectivity index (χ2v) is 5.93. The maximum atomic E-state index is 12.6. The first kappa shape index (κ1) is 15.3. The average Bonchev–Trinajstić information content (AvgIpc) is 3.18. The zero-order valence-corrected chi connectivity index (χ0v) is 13.1. The topological polar surface area (TPSA) is 53.8 Å². The van der Waals surface area contributed by atoms with Gasteiger partial charge in [-0.05, 0) is 17.7 Å². The molecule has 5 nitrogen and oxygen atoms in total. The van der Waals surface area contributed by atoms with Crippen molar-refractivity contribution in [2.24, 2.45) is 5.92 Å². The van der Waals surface area contributed by atoms with Gasteiger partial charge in [0.05, 0.1) is 18.7 Å². The molecule has 1 aliphatic rings. The van der Waals surface area contributed by atoms with E-state index < -0.39 is 0 Å². The maximum absolute atomic E-state index is 12.6. The fourth-order valence-corrected chi connectivity index (χ4v) is 2.93. The van der Waals surface area contributed by atoms with Crippen molar-refractivity contribution < 1.29 is 14.0 Å². The first-order valence-electron chi connectivity index (χ1n) is 7.72. The van der Waals surface area contributed by atoms with E-state index in [-0.39, 0.29) is 24.2 Å². The molecule has 1 fully saturated rings. The lowest BCUT2D eigenvalue weighted by Gasteiger charge is -2.21. The lowest BCUT2D eigenvalue weighted by atomic mass is 10.1. The average molecular weight is 312 g/mol. The SMILES string of the molecule is CN(Cc1ccccc1)C(=O)[C@H]1CC(=O)N(Cc2ccco2)C1. The van der Waals surface area contributed by atoms with Crippen molar-refractivity contribution in [3.63, 3.8) is 0 Å². The van der Waals surface area contributed by atoms with Crippen LogP contribution in [0.4, 0.5) is 0 Å². The molecule has 1 atom stereocenters. The Morgan fingerprint density at radius 1 is 1.26 bits per heavy atom. The van der Waals surface area contributed by atoms with E-state index in [2.05, 4.69) is 0 Å². The Morgan fingerprint density at radius 3 is 2.74 bits per heavy atom. The van der Waals surface area contributed by atoms with Gasteiger partial charge in [-0.2, -0.15) is 0 Å². The van der Waals surface area contributed by atoms with Crippen LogP contribution in [-0.2, 0) is 22.7 Å². The van der Waals surface area contributed by atoms with Crippen molar-refractivity contribution >= 4 is 11.8 Å². The number of hydrogen-bond donors (Lipinski definition) is 0. The molecule has 0 bridgehead atoms. The molecule has 2 heterocycles. The minimum absolute atomic E-state index is 0.00728. The molecule has 0 spiro atoms. The van der Waals surface area contributed by atoms with Crippen LogP contribution in [0, 0.1) is 5.92 Å². The molecule has 3 rings (SSSR count). The second kappa shape index (κ2) is 6.69. The summed E-state index contributed by atoms with van der Waals surface area (Å²) in [7, 11) is 1.79. The van der Waals surface area contributed by atoms with Gasteiger partial charge in [-0.15, -0.1) is 0 Å². The summed E-state index contributed by atoms with van der Waals surface area (Å²) in [5, 5.41) is 0. The minimum Gasteiger partial charge on any atom is -0.467 e. The summed E-state index contributed by atoms with van der Waals surface area (Å²) in [6.07, 6.45) is 1.87. The van der Waals surface area contributed by atoms with Gasteiger partial charge in [0.1, 0.15) is 5.76 Å². The van der Waals surface area contributed by atoms with E-state index in [1.165, 1.54) is 0 Å². The summed E-state index contributed by atoms with van der Waals surface area (Å²) in [6.45, 7) is 1.44. The highest BCUT2D eigenvalue weighted by atomic mass is 16.3. The van der Waals surface area contributed by atoms with E-state index in [0.717, 1.165) is 11.3 Å². The maximum Gasteiger partial charge on any atom is 0.228 e. The molecule has 0 radical (unpaired) electrons. The monoisotopic (exact) mass is 312 g/mol. The predicted molar refractivity (Wildman–Crippen MR) is 85.1 cm³/mol. The van der Waals surface area contributed by atoms with Gasteiger partial charge in [-0.25, -0.2) is 0 Å². The number of hydrogen-bond acceptors (Lipinski definition) is 3. The van der Waals surface area contributed by atoms with E-state index in [1.54, 1.807) is 29.2 Å². The third-order valence-electron chi connectivity index (χ3n) is 4.13. The van der Waals surface area contributed by atoms with E-state index in [9.17, 15) is 9.59 Å². The van der Waals surface area contributed by atoms with E-state index >= 15 is 0 Å². The molecule has 0 unspecified atom stereocenters. The smallest absolute Gasteiger partial charge is 0.228 e. The number of rotatable bonds is 5. The summed E-state index contributed by atoms with van der Waals surface area (Å²) in [5.74, 6) is 0.493. The number of nitrogens with zero attached hydrogens (tertiary/aromatic N) is 2. The summed E-state index contributed by atoms with van der Waals surface area (Å²) in [6, 6.07) is 13.5. The Balaban J connectivity index is 1.58. The highest BCUT2D eigenvalue weighted by molar-refractivity contribution is 5.89. The Labute approximate surface area is 135 Å². The van der Waals surface area contributed by atoms with Crippen LogP contribution in [-0.4, -0.2) is 35.2 Å². The van der Waals surface area contributed by atoms with E-state index in [1.807, 2.05) is 36.4 Å². The molecule has 1 aromatic heterocycles. The van der Waals surface area contributed by atoms with Crippen molar-refractivity contribution in [1.29, 1.82) is 0 Å². The van der Waals surface area contributed by atoms with Crippen molar-refractivity contribution in [1.82, 2.24) is 9.80 Å². The molecule has 1 saturated heterocycles. The van der Waals surface area contributed by atoms with Crippen molar-refractivity contribution in [2.45, 2.75) is 19.5 Å². The third-order valence-corrected chi connectivity index (χ3v) is 4.13. The number of furan rings is 1. The molecule has 1 aliphatic heterocycles. The van der Waals surface area contributed by atoms with Crippen LogP contribution in [0.15, 0.2) is 53.1 Å². The number of benzene rings is 1. The first-order valence-corrected chi connectivity index (χ1v) is 7.72. The summed E-state index contributed by atoms with van der Waals surface area (Å²) in [4.78, 5) is 28.1. The third kappa shape index (κ3) is 3.62. The summed E-state index contributed by atoms with van der Waals surface area (Å²) in [5.41, 5.74) is 1.08. The quantitative estimate of drug-likeness (QED) is 0.851. The molecule has 0 N–H and O–H groups in total. The Bertz CT molecular complexity index is 667. The van der Waals surface area contributed by atoms with E-state index in [4.69, 9.17) is 4.42 Å². The van der Waals surface area contributed by atoms with Gasteiger partial charge in [0, 0.05) is 26.6 Å². The fraction of sp³-hybridized carbons (Fsp3) is 0.333. The van der Waals surface area contributed by atoms with Crippen LogP contribution in [0.25, 0.3) is 0 Å². The molecular weight excluding hydrogens is 292 g/mol.